The molecule has 4 aromatic rings. The van der Waals surface area contributed by atoms with Crippen molar-refractivity contribution < 1.29 is 5.11 Å². The molecule has 2 aromatic heterocycles. The van der Waals surface area contributed by atoms with Crippen LogP contribution in [0.5, 0.6) is 0 Å². The molecule has 1 aliphatic heterocycles. The smallest absolute Gasteiger partial charge is 0.192 e. The van der Waals surface area contributed by atoms with Gasteiger partial charge in [0, 0.05) is 7.05 Å². The van der Waals surface area contributed by atoms with Gasteiger partial charge in [0.2, 0.25) is 0 Å². The van der Waals surface area contributed by atoms with Crippen molar-refractivity contribution in [3.05, 3.63) is 77.6 Å². The number of nitriles is 1. The number of benzene rings is 2. The van der Waals surface area contributed by atoms with E-state index in [1.165, 1.54) is 31.0 Å². The lowest BCUT2D eigenvalue weighted by Crippen LogP contribution is -2.30. The van der Waals surface area contributed by atoms with Crippen molar-refractivity contribution in [2.24, 2.45) is 7.05 Å². The highest BCUT2D eigenvalue weighted by atomic mass is 32.2. The Balaban J connectivity index is 1.40. The van der Waals surface area contributed by atoms with E-state index in [1.807, 2.05) is 54.1 Å². The van der Waals surface area contributed by atoms with Crippen molar-refractivity contribution in [3.8, 4) is 6.07 Å². The highest BCUT2D eigenvalue weighted by Crippen LogP contribution is 2.27. The molecule has 9 heteroatoms. The molecule has 0 saturated carbocycles. The molecule has 2 aromatic carbocycles. The first-order chi connectivity index (χ1) is 17.6. The quantitative estimate of drug-likeness (QED) is 0.212. The zero-order chi connectivity index (χ0) is 24.9. The molecule has 0 unspecified atom stereocenters. The number of thioether (sulfide) groups is 1. The van der Waals surface area contributed by atoms with Gasteiger partial charge in [0.1, 0.15) is 23.2 Å². The summed E-state index contributed by atoms with van der Waals surface area (Å²) in [6.45, 7) is 3.56. The Morgan fingerprint density at radius 3 is 2.50 bits per heavy atom. The molecule has 184 valence electrons. The van der Waals surface area contributed by atoms with Crippen LogP contribution in [-0.4, -0.2) is 53.2 Å². The molecule has 1 fully saturated rings. The van der Waals surface area contributed by atoms with E-state index < -0.39 is 0 Å². The fourth-order valence-corrected chi connectivity index (χ4v) is 5.44. The fraction of sp³-hybridized carbons (Fsp3) is 0.333. The van der Waals surface area contributed by atoms with E-state index in [-0.39, 0.29) is 17.1 Å². The summed E-state index contributed by atoms with van der Waals surface area (Å²) in [5, 5.41) is 30.5. The van der Waals surface area contributed by atoms with Gasteiger partial charge in [-0.25, -0.2) is 4.98 Å². The summed E-state index contributed by atoms with van der Waals surface area (Å²) in [5.74, 6) is 1.55. The number of hydrogen-bond acceptors (Lipinski definition) is 7. The van der Waals surface area contributed by atoms with Gasteiger partial charge in [-0.05, 0) is 43.6 Å². The fourth-order valence-electron chi connectivity index (χ4n) is 4.60. The minimum Gasteiger partial charge on any atom is -0.510 e. The number of hydrogen-bond donors (Lipinski definition) is 1. The van der Waals surface area contributed by atoms with Crippen molar-refractivity contribution in [3.63, 3.8) is 0 Å². The number of aryl methyl sites for hydroxylation is 1. The molecule has 1 aliphatic rings. The van der Waals surface area contributed by atoms with Crippen LogP contribution in [0.4, 0.5) is 0 Å². The number of aliphatic hydroxyl groups excluding tert-OH is 1. The monoisotopic (exact) mass is 499 g/mol. The van der Waals surface area contributed by atoms with Gasteiger partial charge in [0.25, 0.3) is 0 Å². The maximum absolute atomic E-state index is 10.9. The van der Waals surface area contributed by atoms with Crippen LogP contribution >= 0.6 is 11.8 Å². The number of aromatic nitrogens is 5. The average Bonchev–Trinajstić information content (AvgIpc) is 3.44. The van der Waals surface area contributed by atoms with Crippen molar-refractivity contribution in [1.82, 2.24) is 29.2 Å². The predicted molar refractivity (Wildman–Crippen MR) is 141 cm³/mol. The van der Waals surface area contributed by atoms with Crippen molar-refractivity contribution >= 4 is 28.4 Å². The third kappa shape index (κ3) is 5.15. The summed E-state index contributed by atoms with van der Waals surface area (Å²) in [4.78, 5) is 7.01. The van der Waals surface area contributed by atoms with E-state index in [1.54, 1.807) is 0 Å². The van der Waals surface area contributed by atoms with Gasteiger partial charge in [0.15, 0.2) is 11.0 Å². The molecular formula is C27H29N7OS. The van der Waals surface area contributed by atoms with E-state index in [4.69, 9.17) is 0 Å². The minimum absolute atomic E-state index is 0.0206. The molecule has 1 saturated heterocycles. The van der Waals surface area contributed by atoms with Crippen LogP contribution in [-0.2, 0) is 20.1 Å². The Bertz CT molecular complexity index is 1410. The predicted octanol–water partition coefficient (Wildman–Crippen LogP) is 4.78. The van der Waals surface area contributed by atoms with Crippen LogP contribution in [0, 0.1) is 11.3 Å². The molecule has 0 amide bonds. The number of allylic oxidation sites excluding steroid dienone is 1. The Labute approximate surface area is 214 Å². The van der Waals surface area contributed by atoms with Crippen LogP contribution in [0.3, 0.4) is 0 Å². The topological polar surface area (TPSA) is 95.8 Å². The van der Waals surface area contributed by atoms with Gasteiger partial charge in [-0.1, -0.05) is 60.6 Å². The first kappa shape index (κ1) is 24.1. The normalized spacial score (nSPS) is 15.1. The third-order valence-corrected chi connectivity index (χ3v) is 7.52. The molecule has 0 bridgehead atoms. The largest absolute Gasteiger partial charge is 0.510 e. The molecule has 5 rings (SSSR count). The number of imidazole rings is 1. The summed E-state index contributed by atoms with van der Waals surface area (Å²) in [6, 6.07) is 20.1. The lowest BCUT2D eigenvalue weighted by Gasteiger charge is -2.26. The highest BCUT2D eigenvalue weighted by Gasteiger charge is 2.20. The van der Waals surface area contributed by atoms with Gasteiger partial charge in [0.05, 0.1) is 29.9 Å². The molecular weight excluding hydrogens is 470 g/mol. The number of para-hydroxylation sites is 2. The Kier molecular flexibility index (Phi) is 7.35. The number of likely N-dealkylation sites (tertiary alicyclic amines) is 1. The van der Waals surface area contributed by atoms with Gasteiger partial charge in [-0.15, -0.1) is 10.2 Å². The highest BCUT2D eigenvalue weighted by molar-refractivity contribution is 7.99. The standard InChI is InChI=1S/C27H29N7OS/c1-32-23-13-7-6-12-22(23)29-26(32)21(16-28)24(35)19-36-27-31-30-25(18-33-14-8-3-9-15-33)34(27)17-20-10-4-2-5-11-20/h2,4-7,10-13,35H,3,8-9,14-15,17-19H2,1H3/b24-21-. The molecule has 8 nitrogen and oxygen atoms in total. The van der Waals surface area contributed by atoms with E-state index in [0.717, 1.165) is 47.2 Å². The Morgan fingerprint density at radius 2 is 1.75 bits per heavy atom. The van der Waals surface area contributed by atoms with Crippen LogP contribution < -0.4 is 0 Å². The van der Waals surface area contributed by atoms with Gasteiger partial charge in [-0.3, -0.25) is 4.90 Å². The van der Waals surface area contributed by atoms with Crippen molar-refractivity contribution in [2.75, 3.05) is 18.8 Å². The molecule has 3 heterocycles. The first-order valence-electron chi connectivity index (χ1n) is 12.2. The second kappa shape index (κ2) is 11.0. The summed E-state index contributed by atoms with van der Waals surface area (Å²) in [5.41, 5.74) is 3.03. The molecule has 0 spiro atoms. The minimum atomic E-state index is -0.0206. The number of rotatable bonds is 8. The van der Waals surface area contributed by atoms with Gasteiger partial charge in [-0.2, -0.15) is 5.26 Å². The summed E-state index contributed by atoms with van der Waals surface area (Å²) in [6.07, 6.45) is 3.71. The average molecular weight is 500 g/mol. The molecule has 1 N–H and O–H groups in total. The van der Waals surface area contributed by atoms with E-state index in [9.17, 15) is 10.4 Å². The maximum Gasteiger partial charge on any atom is 0.192 e. The van der Waals surface area contributed by atoms with Crippen LogP contribution in [0.2, 0.25) is 0 Å². The second-order valence-corrected chi connectivity index (χ2v) is 9.96. The third-order valence-electron chi connectivity index (χ3n) is 6.54. The number of fused-ring (bicyclic) bond motifs is 1. The van der Waals surface area contributed by atoms with Gasteiger partial charge < -0.3 is 14.2 Å². The first-order valence-corrected chi connectivity index (χ1v) is 13.2. The summed E-state index contributed by atoms with van der Waals surface area (Å²) in [7, 11) is 1.85. The van der Waals surface area contributed by atoms with Crippen molar-refractivity contribution in [2.45, 2.75) is 37.5 Å². The SMILES string of the molecule is Cn1c(/C(C#N)=C(\O)CSc2nnc(CN3CCCCC3)n2Cc2ccccc2)nc2ccccc21. The molecule has 36 heavy (non-hydrogen) atoms. The number of piperidine rings is 1. The van der Waals surface area contributed by atoms with Crippen molar-refractivity contribution in [1.29, 1.82) is 5.26 Å². The second-order valence-electron chi connectivity index (χ2n) is 9.01. The maximum atomic E-state index is 10.9. The lowest BCUT2D eigenvalue weighted by atomic mass is 10.1. The van der Waals surface area contributed by atoms with E-state index in [2.05, 4.69) is 42.9 Å². The summed E-state index contributed by atoms with van der Waals surface area (Å²) >= 11 is 1.38. The number of nitrogens with zero attached hydrogens (tertiary/aromatic N) is 7. The lowest BCUT2D eigenvalue weighted by molar-refractivity contribution is 0.213. The van der Waals surface area contributed by atoms with E-state index >= 15 is 0 Å². The Morgan fingerprint density at radius 1 is 1.00 bits per heavy atom. The zero-order valence-electron chi connectivity index (χ0n) is 20.3. The van der Waals surface area contributed by atoms with Crippen LogP contribution in [0.15, 0.2) is 65.5 Å². The molecule has 0 atom stereocenters. The van der Waals surface area contributed by atoms with Gasteiger partial charge >= 0.3 is 0 Å². The van der Waals surface area contributed by atoms with Crippen LogP contribution in [0.1, 0.15) is 36.5 Å². The Hall–Kier alpha value is -3.61. The summed E-state index contributed by atoms with van der Waals surface area (Å²) < 4.78 is 3.96. The molecule has 0 aliphatic carbocycles. The van der Waals surface area contributed by atoms with E-state index in [0.29, 0.717) is 12.4 Å². The van der Waals surface area contributed by atoms with Crippen LogP contribution in [0.25, 0.3) is 16.6 Å². The number of aliphatic hydroxyl groups is 1. The molecule has 0 radical (unpaired) electrons. The zero-order valence-corrected chi connectivity index (χ0v) is 21.2.